The number of carbonyl (C=O) groups excluding carboxylic acids is 1. The van der Waals surface area contributed by atoms with E-state index in [0.29, 0.717) is 18.2 Å². The maximum Gasteiger partial charge on any atom is 0.226 e. The zero-order valence-corrected chi connectivity index (χ0v) is 19.4. The largest absolute Gasteiger partial charge is 0.311 e. The summed E-state index contributed by atoms with van der Waals surface area (Å²) in [7, 11) is 0. The second-order valence-corrected chi connectivity index (χ2v) is 9.90. The van der Waals surface area contributed by atoms with E-state index in [1.165, 1.54) is 10.4 Å². The number of aryl methyl sites for hydroxylation is 2. The van der Waals surface area contributed by atoms with Crippen molar-refractivity contribution in [3.05, 3.63) is 29.0 Å². The lowest BCUT2D eigenvalue weighted by atomic mass is 10.1. The summed E-state index contributed by atoms with van der Waals surface area (Å²) in [4.78, 5) is 26.1. The van der Waals surface area contributed by atoms with Crippen LogP contribution < -0.4 is 5.32 Å². The van der Waals surface area contributed by atoms with Crippen LogP contribution in [0.4, 0.5) is 5.82 Å². The Morgan fingerprint density at radius 1 is 1.30 bits per heavy atom. The molecule has 3 aromatic heterocycles. The number of nitrogens with zero attached hydrogens (tertiary/aromatic N) is 5. The first-order valence-corrected chi connectivity index (χ1v) is 12.3. The Labute approximate surface area is 185 Å². The van der Waals surface area contributed by atoms with Gasteiger partial charge in [0.15, 0.2) is 0 Å². The number of fused-ring (bicyclic) bond motifs is 1. The molecule has 0 radical (unpaired) electrons. The van der Waals surface area contributed by atoms with E-state index < -0.39 is 0 Å². The van der Waals surface area contributed by atoms with Gasteiger partial charge in [0.2, 0.25) is 5.91 Å². The fraction of sp³-hybridized carbons (Fsp3) is 0.524. The molecule has 1 amide bonds. The minimum Gasteiger partial charge on any atom is -0.311 e. The van der Waals surface area contributed by atoms with Gasteiger partial charge in [-0.15, -0.1) is 23.1 Å². The van der Waals surface area contributed by atoms with Crippen LogP contribution in [0.25, 0.3) is 10.2 Å². The van der Waals surface area contributed by atoms with Crippen molar-refractivity contribution in [1.82, 2.24) is 24.6 Å². The van der Waals surface area contributed by atoms with Gasteiger partial charge in [-0.2, -0.15) is 5.10 Å². The monoisotopic (exact) mass is 444 g/mol. The van der Waals surface area contributed by atoms with Crippen molar-refractivity contribution in [3.63, 3.8) is 0 Å². The molecule has 9 heteroatoms. The summed E-state index contributed by atoms with van der Waals surface area (Å²) < 4.78 is 1.99. The van der Waals surface area contributed by atoms with Crippen molar-refractivity contribution in [2.45, 2.75) is 51.1 Å². The maximum absolute atomic E-state index is 12.6. The molecule has 3 aromatic rings. The molecule has 0 spiro atoms. The normalized spacial score (nSPS) is 15.7. The zero-order chi connectivity index (χ0) is 21.1. The van der Waals surface area contributed by atoms with Gasteiger partial charge >= 0.3 is 0 Å². The van der Waals surface area contributed by atoms with Crippen LogP contribution >= 0.6 is 23.1 Å². The minimum atomic E-state index is 0.0127. The second kappa shape index (κ2) is 9.45. The number of thiophene rings is 1. The zero-order valence-electron chi connectivity index (χ0n) is 17.7. The minimum absolute atomic E-state index is 0.0127. The van der Waals surface area contributed by atoms with E-state index in [4.69, 9.17) is 0 Å². The number of rotatable bonds is 7. The highest BCUT2D eigenvalue weighted by Gasteiger charge is 2.22. The van der Waals surface area contributed by atoms with Crippen molar-refractivity contribution in [3.8, 4) is 0 Å². The first-order chi connectivity index (χ1) is 14.6. The summed E-state index contributed by atoms with van der Waals surface area (Å²) in [5, 5.41) is 9.62. The van der Waals surface area contributed by atoms with E-state index in [0.717, 1.165) is 53.5 Å². The Kier molecular flexibility index (Phi) is 6.70. The Hall–Kier alpha value is -1.97. The Balaban J connectivity index is 1.33. The molecule has 0 saturated carbocycles. The quantitative estimate of drug-likeness (QED) is 0.433. The summed E-state index contributed by atoms with van der Waals surface area (Å²) in [6, 6.07) is 2.24. The molecule has 0 aliphatic carbocycles. The molecule has 0 aromatic carbocycles. The van der Waals surface area contributed by atoms with Crippen molar-refractivity contribution in [2.24, 2.45) is 0 Å². The highest BCUT2D eigenvalue weighted by molar-refractivity contribution is 7.99. The first-order valence-electron chi connectivity index (χ1n) is 10.5. The van der Waals surface area contributed by atoms with Crippen LogP contribution in [-0.4, -0.2) is 55.9 Å². The van der Waals surface area contributed by atoms with Crippen molar-refractivity contribution in [1.29, 1.82) is 0 Å². The van der Waals surface area contributed by atoms with Crippen molar-refractivity contribution >= 4 is 45.0 Å². The smallest absolute Gasteiger partial charge is 0.226 e. The molecule has 1 aliphatic rings. The standard InChI is InChI=1S/C21H28N6OS2/c1-4-26-10-6-16(7-11-26)27-17(5-9-24-27)25-18(28)8-12-29-20-19-14(2)15(3)30-21(19)23-13-22-20/h5,9,13,16H,4,6-8,10-12H2,1-3H3,(H,25,28). The van der Waals surface area contributed by atoms with Gasteiger partial charge < -0.3 is 10.2 Å². The van der Waals surface area contributed by atoms with Crippen molar-refractivity contribution in [2.75, 3.05) is 30.7 Å². The number of piperidine rings is 1. The van der Waals surface area contributed by atoms with Crippen LogP contribution in [0.3, 0.4) is 0 Å². The summed E-state index contributed by atoms with van der Waals surface area (Å²) in [5.74, 6) is 1.49. The predicted molar refractivity (Wildman–Crippen MR) is 123 cm³/mol. The topological polar surface area (TPSA) is 75.9 Å². The third kappa shape index (κ3) is 4.53. The molecule has 1 N–H and O–H groups in total. The number of hydrogen-bond donors (Lipinski definition) is 1. The number of amides is 1. The summed E-state index contributed by atoms with van der Waals surface area (Å²) in [6.45, 7) is 9.68. The molecule has 1 aliphatic heterocycles. The number of hydrogen-bond acceptors (Lipinski definition) is 7. The molecule has 160 valence electrons. The number of nitrogens with one attached hydrogen (secondary N) is 1. The van der Waals surface area contributed by atoms with Crippen LogP contribution in [0, 0.1) is 13.8 Å². The lowest BCUT2D eigenvalue weighted by Crippen LogP contribution is -2.35. The van der Waals surface area contributed by atoms with Gasteiger partial charge in [0.05, 0.1) is 12.2 Å². The number of likely N-dealkylation sites (tertiary alicyclic amines) is 1. The van der Waals surface area contributed by atoms with Gasteiger partial charge in [0.25, 0.3) is 0 Å². The Bertz CT molecular complexity index is 1020. The van der Waals surface area contributed by atoms with Crippen LogP contribution in [0.1, 0.15) is 42.7 Å². The van der Waals surface area contributed by atoms with Crippen LogP contribution in [-0.2, 0) is 4.79 Å². The van der Waals surface area contributed by atoms with Gasteiger partial charge in [0, 0.05) is 41.6 Å². The number of anilines is 1. The van der Waals surface area contributed by atoms with E-state index in [-0.39, 0.29) is 5.91 Å². The molecule has 0 unspecified atom stereocenters. The van der Waals surface area contributed by atoms with Gasteiger partial charge in [-0.1, -0.05) is 6.92 Å². The highest BCUT2D eigenvalue weighted by Crippen LogP contribution is 2.34. The number of thioether (sulfide) groups is 1. The van der Waals surface area contributed by atoms with Crippen molar-refractivity contribution < 1.29 is 4.79 Å². The van der Waals surface area contributed by atoms with E-state index in [1.807, 2.05) is 10.7 Å². The molecular formula is C21H28N6OS2. The molecule has 7 nitrogen and oxygen atoms in total. The van der Waals surface area contributed by atoms with Crippen LogP contribution in [0.15, 0.2) is 23.6 Å². The molecule has 30 heavy (non-hydrogen) atoms. The van der Waals surface area contributed by atoms with Gasteiger partial charge in [-0.25, -0.2) is 14.6 Å². The van der Waals surface area contributed by atoms with E-state index in [2.05, 4.69) is 46.1 Å². The average molecular weight is 445 g/mol. The lowest BCUT2D eigenvalue weighted by molar-refractivity contribution is -0.115. The van der Waals surface area contributed by atoms with Crippen LogP contribution in [0.2, 0.25) is 0 Å². The lowest BCUT2D eigenvalue weighted by Gasteiger charge is -2.31. The van der Waals surface area contributed by atoms with E-state index >= 15 is 0 Å². The Morgan fingerprint density at radius 2 is 2.10 bits per heavy atom. The predicted octanol–water partition coefficient (Wildman–Crippen LogP) is 4.28. The third-order valence-electron chi connectivity index (χ3n) is 5.79. The number of carbonyl (C=O) groups is 1. The molecule has 4 heterocycles. The van der Waals surface area contributed by atoms with Gasteiger partial charge in [-0.05, 0) is 38.8 Å². The Morgan fingerprint density at radius 3 is 2.87 bits per heavy atom. The fourth-order valence-electron chi connectivity index (χ4n) is 3.89. The van der Waals surface area contributed by atoms with Gasteiger partial charge in [-0.3, -0.25) is 4.79 Å². The van der Waals surface area contributed by atoms with E-state index in [9.17, 15) is 4.79 Å². The summed E-state index contributed by atoms with van der Waals surface area (Å²) >= 11 is 3.32. The molecule has 0 atom stereocenters. The van der Waals surface area contributed by atoms with Crippen LogP contribution in [0.5, 0.6) is 0 Å². The molecule has 1 fully saturated rings. The maximum atomic E-state index is 12.6. The molecule has 0 bridgehead atoms. The fourth-order valence-corrected chi connectivity index (χ4v) is 5.95. The summed E-state index contributed by atoms with van der Waals surface area (Å²) in [6.07, 6.45) is 5.95. The van der Waals surface area contributed by atoms with E-state index in [1.54, 1.807) is 35.6 Å². The molecule has 4 rings (SSSR count). The third-order valence-corrected chi connectivity index (χ3v) is 7.89. The second-order valence-electron chi connectivity index (χ2n) is 7.62. The van der Waals surface area contributed by atoms with Gasteiger partial charge in [0.1, 0.15) is 22.0 Å². The molecular weight excluding hydrogens is 416 g/mol. The number of aromatic nitrogens is 4. The molecule has 1 saturated heterocycles. The average Bonchev–Trinajstić information content (AvgIpc) is 3.32. The highest BCUT2D eigenvalue weighted by atomic mass is 32.2. The SMILES string of the molecule is CCN1CCC(n2nccc2NC(=O)CCSc2ncnc3sc(C)c(C)c23)CC1. The first kappa shape index (κ1) is 21.3. The summed E-state index contributed by atoms with van der Waals surface area (Å²) in [5.41, 5.74) is 1.24.